The van der Waals surface area contributed by atoms with E-state index in [0.717, 1.165) is 34.7 Å². The number of allylic oxidation sites excluding steroid dienone is 1. The molecule has 0 unspecified atom stereocenters. The Balaban J connectivity index is 2.02. The van der Waals surface area contributed by atoms with E-state index in [2.05, 4.69) is 5.32 Å². The van der Waals surface area contributed by atoms with E-state index in [1.165, 1.54) is 11.3 Å². The third-order valence-electron chi connectivity index (χ3n) is 3.65. The zero-order valence-electron chi connectivity index (χ0n) is 12.5. The number of ether oxygens (including phenoxy) is 2. The van der Waals surface area contributed by atoms with Gasteiger partial charge in [-0.15, -0.1) is 11.3 Å². The summed E-state index contributed by atoms with van der Waals surface area (Å²) >= 11 is 1.45. The molecule has 114 valence electrons. The van der Waals surface area contributed by atoms with E-state index in [4.69, 9.17) is 9.47 Å². The number of carbonyl (C=O) groups excluding carboxylic acids is 1. The van der Waals surface area contributed by atoms with Crippen LogP contribution in [0, 0.1) is 0 Å². The van der Waals surface area contributed by atoms with Gasteiger partial charge in [-0.1, -0.05) is 6.07 Å². The first-order chi connectivity index (χ1) is 10.7. The molecule has 5 heteroatoms. The van der Waals surface area contributed by atoms with Crippen molar-refractivity contribution in [3.8, 4) is 11.5 Å². The summed E-state index contributed by atoms with van der Waals surface area (Å²) in [5, 5.41) is 5.21. The molecule has 1 aliphatic rings. The Kier molecular flexibility index (Phi) is 4.15. The van der Waals surface area contributed by atoms with Gasteiger partial charge in [0.25, 0.3) is 0 Å². The minimum absolute atomic E-state index is 0.0140. The molecule has 0 aliphatic carbocycles. The number of nitrogens with one attached hydrogen (secondary N) is 1. The minimum Gasteiger partial charge on any atom is -0.493 e. The fourth-order valence-electron chi connectivity index (χ4n) is 2.56. The van der Waals surface area contributed by atoms with Crippen molar-refractivity contribution in [2.24, 2.45) is 0 Å². The number of hydrogen-bond acceptors (Lipinski definition) is 5. The molecule has 4 nitrogen and oxygen atoms in total. The molecule has 0 amide bonds. The number of hydrogen-bond donors (Lipinski definition) is 1. The van der Waals surface area contributed by atoms with Crippen LogP contribution in [0.5, 0.6) is 11.5 Å². The zero-order chi connectivity index (χ0) is 15.5. The molecule has 0 atom stereocenters. The third kappa shape index (κ3) is 2.72. The van der Waals surface area contributed by atoms with Gasteiger partial charge >= 0.3 is 0 Å². The van der Waals surface area contributed by atoms with Crippen LogP contribution in [0.1, 0.15) is 20.8 Å². The number of ketones is 1. The van der Waals surface area contributed by atoms with Gasteiger partial charge in [0.15, 0.2) is 17.3 Å². The van der Waals surface area contributed by atoms with E-state index in [-0.39, 0.29) is 5.78 Å². The molecule has 0 spiro atoms. The summed E-state index contributed by atoms with van der Waals surface area (Å²) in [5.74, 6) is 1.40. The Labute approximate surface area is 133 Å². The predicted molar refractivity (Wildman–Crippen MR) is 87.9 cm³/mol. The lowest BCUT2D eigenvalue weighted by Gasteiger charge is -2.23. The lowest BCUT2D eigenvalue weighted by Crippen LogP contribution is -2.23. The van der Waals surface area contributed by atoms with Crippen LogP contribution in [0.4, 0.5) is 0 Å². The molecule has 0 saturated heterocycles. The van der Waals surface area contributed by atoms with Gasteiger partial charge in [-0.05, 0) is 35.6 Å². The average molecular weight is 315 g/mol. The van der Waals surface area contributed by atoms with Crippen molar-refractivity contribution < 1.29 is 14.3 Å². The number of thiophene rings is 1. The second-order valence-electron chi connectivity index (χ2n) is 4.94. The molecular formula is C17H17NO3S. The summed E-state index contributed by atoms with van der Waals surface area (Å²) < 4.78 is 10.7. The van der Waals surface area contributed by atoms with E-state index in [1.54, 1.807) is 20.3 Å². The first kappa shape index (κ1) is 14.7. The summed E-state index contributed by atoms with van der Waals surface area (Å²) in [5.41, 5.74) is 2.98. The normalized spacial score (nSPS) is 15.1. The predicted octanol–water partition coefficient (Wildman–Crippen LogP) is 3.13. The first-order valence-corrected chi connectivity index (χ1v) is 7.89. The van der Waals surface area contributed by atoms with Crippen LogP contribution in [-0.2, 0) is 6.42 Å². The highest BCUT2D eigenvalue weighted by Crippen LogP contribution is 2.35. The number of rotatable bonds is 4. The molecular weight excluding hydrogens is 298 g/mol. The van der Waals surface area contributed by atoms with Crippen LogP contribution < -0.4 is 14.8 Å². The monoisotopic (exact) mass is 315 g/mol. The Hall–Kier alpha value is -2.27. The van der Waals surface area contributed by atoms with Crippen LogP contribution in [0.2, 0.25) is 0 Å². The largest absolute Gasteiger partial charge is 0.493 e. The van der Waals surface area contributed by atoms with Crippen molar-refractivity contribution in [1.82, 2.24) is 5.32 Å². The van der Waals surface area contributed by atoms with Crippen molar-refractivity contribution in [3.63, 3.8) is 0 Å². The van der Waals surface area contributed by atoms with E-state index < -0.39 is 0 Å². The van der Waals surface area contributed by atoms with Crippen molar-refractivity contribution in [2.75, 3.05) is 20.8 Å². The van der Waals surface area contributed by atoms with Gasteiger partial charge in [-0.2, -0.15) is 0 Å². The van der Waals surface area contributed by atoms with Gasteiger partial charge in [0.2, 0.25) is 0 Å². The number of methoxy groups -OCH3 is 2. The molecule has 0 saturated carbocycles. The van der Waals surface area contributed by atoms with Gasteiger partial charge in [0.05, 0.1) is 19.1 Å². The summed E-state index contributed by atoms with van der Waals surface area (Å²) in [6.45, 7) is 0.798. The maximum Gasteiger partial charge on any atom is 0.197 e. The fraction of sp³-hybridized carbons (Fsp3) is 0.235. The average Bonchev–Trinajstić information content (AvgIpc) is 3.08. The van der Waals surface area contributed by atoms with Crippen molar-refractivity contribution in [3.05, 3.63) is 51.7 Å². The van der Waals surface area contributed by atoms with E-state index in [1.807, 2.05) is 29.6 Å². The Bertz CT molecular complexity index is 720. The van der Waals surface area contributed by atoms with Crippen LogP contribution in [0.15, 0.2) is 35.7 Å². The highest BCUT2D eigenvalue weighted by atomic mass is 32.1. The number of fused-ring (bicyclic) bond motifs is 1. The second kappa shape index (κ2) is 6.23. The van der Waals surface area contributed by atoms with Crippen molar-refractivity contribution in [1.29, 1.82) is 0 Å². The molecule has 1 aliphatic heterocycles. The molecule has 0 fully saturated rings. The summed E-state index contributed by atoms with van der Waals surface area (Å²) in [6.07, 6.45) is 2.55. The lowest BCUT2D eigenvalue weighted by atomic mass is 9.96. The highest BCUT2D eigenvalue weighted by Gasteiger charge is 2.19. The van der Waals surface area contributed by atoms with E-state index in [9.17, 15) is 4.79 Å². The molecule has 1 N–H and O–H groups in total. The summed E-state index contributed by atoms with van der Waals surface area (Å²) in [6, 6.07) is 7.63. The quantitative estimate of drug-likeness (QED) is 0.695. The molecule has 2 aromatic rings. The third-order valence-corrected chi connectivity index (χ3v) is 4.53. The topological polar surface area (TPSA) is 47.6 Å². The van der Waals surface area contributed by atoms with Gasteiger partial charge in [-0.3, -0.25) is 4.79 Å². The fourth-order valence-corrected chi connectivity index (χ4v) is 3.19. The highest BCUT2D eigenvalue weighted by molar-refractivity contribution is 7.12. The van der Waals surface area contributed by atoms with Crippen LogP contribution in [0.25, 0.3) is 5.70 Å². The lowest BCUT2D eigenvalue weighted by molar-refractivity contribution is 0.105. The Morgan fingerprint density at radius 2 is 2.05 bits per heavy atom. The molecule has 0 bridgehead atoms. The van der Waals surface area contributed by atoms with Gasteiger partial charge < -0.3 is 14.8 Å². The first-order valence-electron chi connectivity index (χ1n) is 7.01. The van der Waals surface area contributed by atoms with Gasteiger partial charge in [-0.25, -0.2) is 0 Å². The van der Waals surface area contributed by atoms with Crippen molar-refractivity contribution in [2.45, 2.75) is 6.42 Å². The standard InChI is InChI=1S/C17H17NO3S/c1-20-15-8-11-5-6-18-13(12(11)9-16(15)21-2)10-14(19)17-4-3-7-22-17/h3-4,7-10,18H,5-6H2,1-2H3. The molecule has 1 aromatic carbocycles. The van der Waals surface area contributed by atoms with Crippen molar-refractivity contribution >= 4 is 22.8 Å². The summed E-state index contributed by atoms with van der Waals surface area (Å²) in [4.78, 5) is 13.0. The number of carbonyl (C=O) groups is 1. The van der Waals surface area contributed by atoms with E-state index >= 15 is 0 Å². The van der Waals surface area contributed by atoms with E-state index in [0.29, 0.717) is 11.5 Å². The Morgan fingerprint density at radius 1 is 1.27 bits per heavy atom. The molecule has 2 heterocycles. The van der Waals surface area contributed by atoms with Crippen LogP contribution in [0.3, 0.4) is 0 Å². The van der Waals surface area contributed by atoms with Crippen LogP contribution >= 0.6 is 11.3 Å². The maximum absolute atomic E-state index is 12.3. The number of benzene rings is 1. The molecule has 1 aromatic heterocycles. The summed E-state index contributed by atoms with van der Waals surface area (Å²) in [7, 11) is 3.24. The van der Waals surface area contributed by atoms with Gasteiger partial charge in [0, 0.05) is 23.9 Å². The smallest absolute Gasteiger partial charge is 0.197 e. The molecule has 0 radical (unpaired) electrons. The van der Waals surface area contributed by atoms with Crippen LogP contribution in [-0.4, -0.2) is 26.5 Å². The SMILES string of the molecule is COc1cc2c(cc1OC)C(=CC(=O)c1cccs1)NCC2. The zero-order valence-corrected chi connectivity index (χ0v) is 13.3. The maximum atomic E-state index is 12.3. The molecule has 3 rings (SSSR count). The second-order valence-corrected chi connectivity index (χ2v) is 5.89. The Morgan fingerprint density at radius 3 is 2.73 bits per heavy atom. The minimum atomic E-state index is 0.0140. The van der Waals surface area contributed by atoms with Gasteiger partial charge in [0.1, 0.15) is 0 Å². The molecule has 22 heavy (non-hydrogen) atoms.